The third-order valence-electron chi connectivity index (χ3n) is 8.78. The second kappa shape index (κ2) is 16.6. The highest BCUT2D eigenvalue weighted by Gasteiger charge is 2.49. The van der Waals surface area contributed by atoms with Crippen LogP contribution in [0.4, 0.5) is 0 Å². The lowest BCUT2D eigenvalue weighted by Crippen LogP contribution is -2.33. The molecule has 0 saturated heterocycles. The van der Waals surface area contributed by atoms with Crippen LogP contribution in [0, 0.1) is 11.8 Å². The Morgan fingerprint density at radius 1 is 0.595 bits per heavy atom. The predicted octanol–water partition coefficient (Wildman–Crippen LogP) is 10.4. The fourth-order valence-electron chi connectivity index (χ4n) is 6.44. The summed E-state index contributed by atoms with van der Waals surface area (Å²) in [5.74, 6) is 0.768. The van der Waals surface area contributed by atoms with E-state index in [-0.39, 0.29) is 11.8 Å². The van der Waals surface area contributed by atoms with Crippen LogP contribution >= 0.6 is 22.7 Å². The monoisotopic (exact) mass is 608 g/mol. The van der Waals surface area contributed by atoms with Gasteiger partial charge in [0.1, 0.15) is 0 Å². The number of unbranched alkanes of at least 4 members (excludes halogenated alkanes) is 10. The van der Waals surface area contributed by atoms with Crippen LogP contribution in [0.5, 0.6) is 0 Å². The Bertz CT molecular complexity index is 1100. The average Bonchev–Trinajstić information content (AvgIpc) is 3.78. The molecule has 230 valence electrons. The highest BCUT2D eigenvalue weighted by Crippen LogP contribution is 2.48. The van der Waals surface area contributed by atoms with E-state index in [2.05, 4.69) is 39.8 Å². The Morgan fingerprint density at radius 2 is 0.976 bits per heavy atom. The van der Waals surface area contributed by atoms with Gasteiger partial charge in [-0.05, 0) is 47.6 Å². The molecule has 2 aromatic heterocycles. The molecule has 6 heteroatoms. The van der Waals surface area contributed by atoms with Gasteiger partial charge in [-0.15, -0.1) is 22.7 Å². The zero-order valence-corrected chi connectivity index (χ0v) is 28.1. The van der Waals surface area contributed by atoms with E-state index in [4.69, 9.17) is 0 Å². The van der Waals surface area contributed by atoms with E-state index in [0.717, 1.165) is 34.0 Å². The van der Waals surface area contributed by atoms with Crippen LogP contribution in [0.15, 0.2) is 46.2 Å². The van der Waals surface area contributed by atoms with Crippen molar-refractivity contribution in [1.29, 1.82) is 0 Å². The second-order valence-electron chi connectivity index (χ2n) is 12.6. The molecule has 0 N–H and O–H groups in total. The summed E-state index contributed by atoms with van der Waals surface area (Å²) in [6.07, 6.45) is 17.5. The predicted molar refractivity (Wildman–Crippen MR) is 180 cm³/mol. The number of nitrogens with zero attached hydrogens (tertiary/aromatic N) is 2. The van der Waals surface area contributed by atoms with E-state index in [1.165, 1.54) is 77.0 Å². The molecule has 0 aromatic carbocycles. The molecule has 4 heterocycles. The summed E-state index contributed by atoms with van der Waals surface area (Å²) in [7, 11) is 0. The van der Waals surface area contributed by atoms with Crippen LogP contribution in [0.2, 0.25) is 0 Å². The standard InChI is InChI=1S/C36H52N2O2S2/c1-5-7-9-11-13-15-19-27(3)25-37-33(29-21-17-23-41-29)31-32(35(37)39)34(30-22-18-24-42-30)38(36(31)40)26-28(4)20-16-14-12-10-8-6-2/h17-18,21-24,27-28H,5-16,19-20,25-26H2,1-4H3. The number of rotatable bonds is 20. The van der Waals surface area contributed by atoms with E-state index in [9.17, 15) is 9.59 Å². The number of amides is 2. The minimum Gasteiger partial charge on any atom is -0.306 e. The third-order valence-corrected chi connectivity index (χ3v) is 10.5. The summed E-state index contributed by atoms with van der Waals surface area (Å²) in [5, 5.41) is 4.10. The van der Waals surface area contributed by atoms with Crippen molar-refractivity contribution < 1.29 is 9.59 Å². The zero-order chi connectivity index (χ0) is 29.9. The van der Waals surface area contributed by atoms with Crippen molar-refractivity contribution >= 4 is 45.9 Å². The lowest BCUT2D eigenvalue weighted by Gasteiger charge is -2.27. The van der Waals surface area contributed by atoms with E-state index < -0.39 is 0 Å². The Kier molecular flexibility index (Phi) is 12.9. The molecule has 0 radical (unpaired) electrons. The summed E-state index contributed by atoms with van der Waals surface area (Å²) in [4.78, 5) is 34.5. The van der Waals surface area contributed by atoms with Crippen molar-refractivity contribution in [2.75, 3.05) is 13.1 Å². The van der Waals surface area contributed by atoms with Crippen LogP contribution in [-0.4, -0.2) is 34.7 Å². The van der Waals surface area contributed by atoms with Gasteiger partial charge in [0.25, 0.3) is 11.8 Å². The first-order valence-electron chi connectivity index (χ1n) is 16.7. The maximum atomic E-state index is 14.3. The minimum absolute atomic E-state index is 0.00558. The van der Waals surface area contributed by atoms with Crippen molar-refractivity contribution in [3.63, 3.8) is 0 Å². The fourth-order valence-corrected chi connectivity index (χ4v) is 8.01. The molecular weight excluding hydrogens is 557 g/mol. The summed E-state index contributed by atoms with van der Waals surface area (Å²) in [5.41, 5.74) is 2.93. The summed E-state index contributed by atoms with van der Waals surface area (Å²) in [6, 6.07) is 8.18. The molecule has 0 saturated carbocycles. The maximum absolute atomic E-state index is 14.3. The van der Waals surface area contributed by atoms with E-state index >= 15 is 0 Å². The highest BCUT2D eigenvalue weighted by atomic mass is 32.1. The van der Waals surface area contributed by atoms with Gasteiger partial charge in [0.05, 0.1) is 32.3 Å². The van der Waals surface area contributed by atoms with Gasteiger partial charge in [-0.3, -0.25) is 9.59 Å². The van der Waals surface area contributed by atoms with Crippen molar-refractivity contribution in [1.82, 2.24) is 9.80 Å². The number of hydrogen-bond acceptors (Lipinski definition) is 4. The Hall–Kier alpha value is -2.18. The molecular formula is C36H52N2O2S2. The first-order valence-corrected chi connectivity index (χ1v) is 18.4. The van der Waals surface area contributed by atoms with E-state index in [1.54, 1.807) is 22.7 Å². The highest BCUT2D eigenvalue weighted by molar-refractivity contribution is 7.11. The molecule has 0 spiro atoms. The second-order valence-corrected chi connectivity index (χ2v) is 14.5. The van der Waals surface area contributed by atoms with Gasteiger partial charge in [-0.25, -0.2) is 0 Å². The van der Waals surface area contributed by atoms with Gasteiger partial charge in [-0.2, -0.15) is 0 Å². The van der Waals surface area contributed by atoms with Gasteiger partial charge in [0, 0.05) is 13.1 Å². The molecule has 42 heavy (non-hydrogen) atoms. The molecule has 0 bridgehead atoms. The van der Waals surface area contributed by atoms with Crippen molar-refractivity contribution in [3.05, 3.63) is 55.9 Å². The van der Waals surface area contributed by atoms with Crippen LogP contribution in [-0.2, 0) is 9.59 Å². The molecule has 2 amide bonds. The molecule has 2 aliphatic rings. The van der Waals surface area contributed by atoms with Crippen LogP contribution in [0.25, 0.3) is 11.4 Å². The van der Waals surface area contributed by atoms with Gasteiger partial charge >= 0.3 is 0 Å². The number of thiophene rings is 2. The molecule has 2 atom stereocenters. The molecule has 4 nitrogen and oxygen atoms in total. The van der Waals surface area contributed by atoms with Gasteiger partial charge < -0.3 is 9.80 Å². The normalized spacial score (nSPS) is 16.8. The Labute approximate surface area is 262 Å². The third kappa shape index (κ3) is 8.05. The largest absolute Gasteiger partial charge is 0.306 e. The smallest absolute Gasteiger partial charge is 0.261 e. The quantitative estimate of drug-likeness (QED) is 0.140. The minimum atomic E-state index is 0.00558. The maximum Gasteiger partial charge on any atom is 0.261 e. The van der Waals surface area contributed by atoms with Crippen molar-refractivity contribution in [2.24, 2.45) is 11.8 Å². The van der Waals surface area contributed by atoms with Crippen LogP contribution in [0.1, 0.15) is 127 Å². The zero-order valence-electron chi connectivity index (χ0n) is 26.5. The van der Waals surface area contributed by atoms with Crippen molar-refractivity contribution in [2.45, 2.75) is 118 Å². The molecule has 4 rings (SSSR count). The van der Waals surface area contributed by atoms with E-state index in [1.807, 2.05) is 32.7 Å². The van der Waals surface area contributed by atoms with E-state index in [0.29, 0.717) is 36.1 Å². The summed E-state index contributed by atoms with van der Waals surface area (Å²) in [6.45, 7) is 10.4. The average molecular weight is 609 g/mol. The number of carbonyl (C=O) groups is 2. The lowest BCUT2D eigenvalue weighted by atomic mass is 10.0. The van der Waals surface area contributed by atoms with Gasteiger partial charge in [0.15, 0.2) is 0 Å². The summed E-state index contributed by atoms with van der Waals surface area (Å²) >= 11 is 3.25. The van der Waals surface area contributed by atoms with Gasteiger partial charge in [0.2, 0.25) is 0 Å². The Morgan fingerprint density at radius 3 is 1.33 bits per heavy atom. The van der Waals surface area contributed by atoms with Gasteiger partial charge in [-0.1, -0.05) is 117 Å². The number of hydrogen-bond donors (Lipinski definition) is 0. The first-order chi connectivity index (χ1) is 20.5. The van der Waals surface area contributed by atoms with Crippen molar-refractivity contribution in [3.8, 4) is 0 Å². The lowest BCUT2D eigenvalue weighted by molar-refractivity contribution is -0.124. The molecule has 0 aliphatic carbocycles. The molecule has 2 unspecified atom stereocenters. The van der Waals surface area contributed by atoms with Crippen LogP contribution in [0.3, 0.4) is 0 Å². The first kappa shape index (κ1) is 32.7. The fraction of sp³-hybridized carbons (Fsp3) is 0.611. The number of carbonyl (C=O) groups excluding carboxylic acids is 2. The molecule has 2 aromatic rings. The molecule has 2 aliphatic heterocycles. The van der Waals surface area contributed by atoms with Crippen LogP contribution < -0.4 is 0 Å². The summed E-state index contributed by atoms with van der Waals surface area (Å²) < 4.78 is 0. The Balaban J connectivity index is 1.55. The SMILES string of the molecule is CCCCCCCCC(C)CN1C(=O)C2=C(c3cccs3)N(CC(C)CCCCCCCC)C(=O)C2=C1c1cccs1. The number of fused-ring (bicyclic) bond motifs is 1. The molecule has 0 fully saturated rings. The topological polar surface area (TPSA) is 40.6 Å².